The van der Waals surface area contributed by atoms with Crippen molar-refractivity contribution >= 4 is 28.5 Å². The average Bonchev–Trinajstić information content (AvgIpc) is 3.09. The third kappa shape index (κ3) is 4.64. The number of hydrogen-bond acceptors (Lipinski definition) is 3. The number of rotatable bonds is 5. The van der Waals surface area contributed by atoms with E-state index in [1.165, 1.54) is 23.0 Å². The topological polar surface area (TPSA) is 42.0 Å². The number of nitrogens with one attached hydrogen (secondary N) is 1. The van der Waals surface area contributed by atoms with E-state index in [1.807, 2.05) is 53.9 Å². The predicted molar refractivity (Wildman–Crippen MR) is 106 cm³/mol. The Labute approximate surface area is 152 Å². The molecule has 3 aromatic rings. The van der Waals surface area contributed by atoms with Crippen LogP contribution in [0.3, 0.4) is 0 Å². The lowest BCUT2D eigenvalue weighted by molar-refractivity contribution is -0.111. The Hall–Kier alpha value is -2.72. The molecule has 0 bridgehead atoms. The number of carbonyl (C=O) groups is 1. The molecule has 0 fully saturated rings. The number of aromatic nitrogens is 1. The maximum Gasteiger partial charge on any atom is 0.250 e. The van der Waals surface area contributed by atoms with Gasteiger partial charge in [0.25, 0.3) is 0 Å². The SMILES string of the molecule is CC(C)c1ccc(C=CC(=O)Nc2nc(-c3ccccc3)cs2)cc1. The standard InChI is InChI=1S/C21H20N2OS/c1-15(2)17-11-8-16(9-12-17)10-13-20(24)23-21-22-19(14-25-21)18-6-4-3-5-7-18/h3-15H,1-2H3,(H,22,23,24). The van der Waals surface area contributed by atoms with Crippen LogP contribution in [-0.2, 0) is 4.79 Å². The summed E-state index contributed by atoms with van der Waals surface area (Å²) in [4.78, 5) is 16.5. The zero-order valence-corrected chi connectivity index (χ0v) is 15.1. The number of thiazole rings is 1. The minimum atomic E-state index is -0.179. The molecule has 126 valence electrons. The Morgan fingerprint density at radius 2 is 1.80 bits per heavy atom. The number of benzene rings is 2. The van der Waals surface area contributed by atoms with Gasteiger partial charge < -0.3 is 0 Å². The molecule has 0 radical (unpaired) electrons. The van der Waals surface area contributed by atoms with E-state index in [-0.39, 0.29) is 5.91 Å². The van der Waals surface area contributed by atoms with Crippen molar-refractivity contribution < 1.29 is 4.79 Å². The summed E-state index contributed by atoms with van der Waals surface area (Å²) in [6.07, 6.45) is 3.35. The van der Waals surface area contributed by atoms with Crippen LogP contribution in [-0.4, -0.2) is 10.9 Å². The smallest absolute Gasteiger partial charge is 0.250 e. The molecular weight excluding hydrogens is 328 g/mol. The Kier molecular flexibility index (Phi) is 5.41. The van der Waals surface area contributed by atoms with Crippen LogP contribution in [0.4, 0.5) is 5.13 Å². The van der Waals surface area contributed by atoms with Crippen molar-refractivity contribution in [2.75, 3.05) is 5.32 Å². The summed E-state index contributed by atoms with van der Waals surface area (Å²) in [5, 5.41) is 5.36. The fourth-order valence-electron chi connectivity index (χ4n) is 2.38. The summed E-state index contributed by atoms with van der Waals surface area (Å²) in [6.45, 7) is 4.33. The molecule has 0 saturated carbocycles. The summed E-state index contributed by atoms with van der Waals surface area (Å²) in [5.41, 5.74) is 4.20. The fraction of sp³-hybridized carbons (Fsp3) is 0.143. The molecule has 0 aliphatic heterocycles. The molecule has 4 heteroatoms. The quantitative estimate of drug-likeness (QED) is 0.611. The highest BCUT2D eigenvalue weighted by atomic mass is 32.1. The largest absolute Gasteiger partial charge is 0.298 e. The lowest BCUT2D eigenvalue weighted by atomic mass is 10.0. The first kappa shape index (κ1) is 17.1. The molecule has 0 saturated heterocycles. The Balaban J connectivity index is 1.62. The van der Waals surface area contributed by atoms with Crippen LogP contribution in [0.5, 0.6) is 0 Å². The van der Waals surface area contributed by atoms with Gasteiger partial charge in [0.2, 0.25) is 5.91 Å². The van der Waals surface area contributed by atoms with Gasteiger partial charge in [0.15, 0.2) is 5.13 Å². The zero-order valence-electron chi connectivity index (χ0n) is 14.3. The predicted octanol–water partition coefficient (Wildman–Crippen LogP) is 5.59. The van der Waals surface area contributed by atoms with Gasteiger partial charge in [0.05, 0.1) is 5.69 Å². The Morgan fingerprint density at radius 3 is 2.48 bits per heavy atom. The highest BCUT2D eigenvalue weighted by molar-refractivity contribution is 7.14. The summed E-state index contributed by atoms with van der Waals surface area (Å²) in [5.74, 6) is 0.326. The van der Waals surface area contributed by atoms with E-state index in [0.717, 1.165) is 16.8 Å². The van der Waals surface area contributed by atoms with Crippen molar-refractivity contribution in [2.45, 2.75) is 19.8 Å². The Morgan fingerprint density at radius 1 is 1.08 bits per heavy atom. The van der Waals surface area contributed by atoms with Gasteiger partial charge in [0, 0.05) is 17.0 Å². The van der Waals surface area contributed by atoms with Gasteiger partial charge in [-0.3, -0.25) is 10.1 Å². The number of anilines is 1. The van der Waals surface area contributed by atoms with Crippen molar-refractivity contribution in [3.8, 4) is 11.3 Å². The van der Waals surface area contributed by atoms with Crippen LogP contribution in [0.1, 0.15) is 30.9 Å². The van der Waals surface area contributed by atoms with Gasteiger partial charge in [-0.2, -0.15) is 0 Å². The van der Waals surface area contributed by atoms with Crippen molar-refractivity contribution in [3.63, 3.8) is 0 Å². The molecule has 0 atom stereocenters. The average molecular weight is 348 g/mol. The molecule has 0 aliphatic rings. The fourth-order valence-corrected chi connectivity index (χ4v) is 3.11. The molecule has 2 aromatic carbocycles. The van der Waals surface area contributed by atoms with Gasteiger partial charge in [-0.25, -0.2) is 4.98 Å². The van der Waals surface area contributed by atoms with Crippen LogP contribution in [0.25, 0.3) is 17.3 Å². The summed E-state index contributed by atoms with van der Waals surface area (Å²) >= 11 is 1.42. The second kappa shape index (κ2) is 7.90. The van der Waals surface area contributed by atoms with Gasteiger partial charge in [-0.05, 0) is 23.1 Å². The first-order valence-corrected chi connectivity index (χ1v) is 9.10. The van der Waals surface area contributed by atoms with E-state index in [4.69, 9.17) is 0 Å². The van der Waals surface area contributed by atoms with Crippen LogP contribution in [0, 0.1) is 0 Å². The maximum absolute atomic E-state index is 12.1. The van der Waals surface area contributed by atoms with E-state index >= 15 is 0 Å². The molecule has 0 aliphatic carbocycles. The molecule has 1 aromatic heterocycles. The summed E-state index contributed by atoms with van der Waals surface area (Å²) in [7, 11) is 0. The van der Waals surface area contributed by atoms with Crippen molar-refractivity contribution in [1.82, 2.24) is 4.98 Å². The first-order chi connectivity index (χ1) is 12.1. The molecule has 0 unspecified atom stereocenters. The zero-order chi connectivity index (χ0) is 17.6. The second-order valence-corrected chi connectivity index (χ2v) is 6.91. The van der Waals surface area contributed by atoms with Gasteiger partial charge in [-0.1, -0.05) is 68.4 Å². The summed E-state index contributed by atoms with van der Waals surface area (Å²) < 4.78 is 0. The second-order valence-electron chi connectivity index (χ2n) is 6.05. The molecule has 1 amide bonds. The van der Waals surface area contributed by atoms with Gasteiger partial charge in [0.1, 0.15) is 0 Å². The van der Waals surface area contributed by atoms with Crippen molar-refractivity contribution in [3.05, 3.63) is 77.2 Å². The van der Waals surface area contributed by atoms with Gasteiger partial charge in [-0.15, -0.1) is 11.3 Å². The van der Waals surface area contributed by atoms with Crippen molar-refractivity contribution in [2.24, 2.45) is 0 Å². The van der Waals surface area contributed by atoms with Crippen LogP contribution in [0.2, 0.25) is 0 Å². The van der Waals surface area contributed by atoms with Crippen LogP contribution >= 0.6 is 11.3 Å². The summed E-state index contributed by atoms with van der Waals surface area (Å²) in [6, 6.07) is 18.1. The molecule has 1 heterocycles. The number of nitrogens with zero attached hydrogens (tertiary/aromatic N) is 1. The van der Waals surface area contributed by atoms with E-state index in [9.17, 15) is 4.79 Å². The van der Waals surface area contributed by atoms with Crippen LogP contribution in [0.15, 0.2) is 66.1 Å². The molecule has 0 spiro atoms. The monoisotopic (exact) mass is 348 g/mol. The lowest BCUT2D eigenvalue weighted by Crippen LogP contribution is -2.07. The van der Waals surface area contributed by atoms with Crippen molar-refractivity contribution in [1.29, 1.82) is 0 Å². The highest BCUT2D eigenvalue weighted by Gasteiger charge is 2.06. The number of amides is 1. The molecule has 3 nitrogen and oxygen atoms in total. The van der Waals surface area contributed by atoms with E-state index in [0.29, 0.717) is 11.0 Å². The number of hydrogen-bond donors (Lipinski definition) is 1. The molecule has 1 N–H and O–H groups in total. The normalized spacial score (nSPS) is 11.2. The Bertz CT molecular complexity index is 864. The minimum absolute atomic E-state index is 0.179. The third-order valence-corrected chi connectivity index (χ3v) is 4.59. The highest BCUT2D eigenvalue weighted by Crippen LogP contribution is 2.24. The molecular formula is C21H20N2OS. The van der Waals surface area contributed by atoms with E-state index in [1.54, 1.807) is 0 Å². The first-order valence-electron chi connectivity index (χ1n) is 8.22. The molecule has 3 rings (SSSR count). The maximum atomic E-state index is 12.1. The van der Waals surface area contributed by atoms with E-state index < -0.39 is 0 Å². The minimum Gasteiger partial charge on any atom is -0.298 e. The van der Waals surface area contributed by atoms with Gasteiger partial charge >= 0.3 is 0 Å². The lowest BCUT2D eigenvalue weighted by Gasteiger charge is -2.04. The molecule has 25 heavy (non-hydrogen) atoms. The van der Waals surface area contributed by atoms with Crippen LogP contribution < -0.4 is 5.32 Å². The number of carbonyl (C=O) groups excluding carboxylic acids is 1. The van der Waals surface area contributed by atoms with E-state index in [2.05, 4.69) is 36.3 Å². The third-order valence-electron chi connectivity index (χ3n) is 3.83.